The Hall–Kier alpha value is -1.06. The molecule has 1 aliphatic rings. The minimum Gasteiger partial charge on any atom is -0.369 e. The summed E-state index contributed by atoms with van der Waals surface area (Å²) in [5.74, 6) is 0. The van der Waals surface area contributed by atoms with Crippen molar-refractivity contribution in [2.75, 3.05) is 38.1 Å². The van der Waals surface area contributed by atoms with E-state index in [1.54, 1.807) is 0 Å². The second kappa shape index (κ2) is 5.93. The number of para-hydroxylation sites is 1. The first kappa shape index (κ1) is 14.4. The van der Waals surface area contributed by atoms with Gasteiger partial charge in [-0.3, -0.25) is 0 Å². The highest BCUT2D eigenvalue weighted by atomic mass is 15.2. The van der Waals surface area contributed by atoms with E-state index in [-0.39, 0.29) is 5.54 Å². The van der Waals surface area contributed by atoms with Crippen LogP contribution in [0.5, 0.6) is 0 Å². The lowest BCUT2D eigenvalue weighted by atomic mass is 10.1. The van der Waals surface area contributed by atoms with Crippen LogP contribution in [0.25, 0.3) is 0 Å². The number of hydrogen-bond donors (Lipinski definition) is 1. The zero-order chi connectivity index (χ0) is 13.9. The SMILES string of the molecule is CN1CCN(c2ccccc2CNC(C)(C)C)CC1. The topological polar surface area (TPSA) is 18.5 Å². The van der Waals surface area contributed by atoms with Crippen LogP contribution >= 0.6 is 0 Å². The lowest BCUT2D eigenvalue weighted by Gasteiger charge is -2.35. The molecule has 1 heterocycles. The normalized spacial score (nSPS) is 17.8. The molecular weight excluding hydrogens is 234 g/mol. The van der Waals surface area contributed by atoms with Crippen molar-refractivity contribution in [1.29, 1.82) is 0 Å². The molecule has 1 aromatic rings. The molecule has 0 bridgehead atoms. The number of nitrogens with one attached hydrogen (secondary N) is 1. The van der Waals surface area contributed by atoms with Gasteiger partial charge in [0.15, 0.2) is 0 Å². The van der Waals surface area contributed by atoms with Gasteiger partial charge >= 0.3 is 0 Å². The van der Waals surface area contributed by atoms with Gasteiger partial charge in [0, 0.05) is 44.0 Å². The fourth-order valence-electron chi connectivity index (χ4n) is 2.38. The Kier molecular flexibility index (Phi) is 4.48. The lowest BCUT2D eigenvalue weighted by molar-refractivity contribution is 0.312. The van der Waals surface area contributed by atoms with Gasteiger partial charge in [-0.1, -0.05) is 18.2 Å². The third-order valence-corrected chi connectivity index (χ3v) is 3.64. The molecule has 1 aliphatic heterocycles. The number of rotatable bonds is 3. The summed E-state index contributed by atoms with van der Waals surface area (Å²) in [5.41, 5.74) is 2.96. The van der Waals surface area contributed by atoms with Crippen LogP contribution in [0.1, 0.15) is 26.3 Å². The summed E-state index contributed by atoms with van der Waals surface area (Å²) in [6.07, 6.45) is 0. The van der Waals surface area contributed by atoms with Gasteiger partial charge in [0.2, 0.25) is 0 Å². The minimum atomic E-state index is 0.162. The molecule has 0 radical (unpaired) electrons. The number of benzene rings is 1. The van der Waals surface area contributed by atoms with E-state index in [1.807, 2.05) is 0 Å². The fourth-order valence-corrected chi connectivity index (χ4v) is 2.38. The summed E-state index contributed by atoms with van der Waals surface area (Å²) in [7, 11) is 2.20. The molecule has 0 aliphatic carbocycles. The van der Waals surface area contributed by atoms with E-state index in [4.69, 9.17) is 0 Å². The predicted octanol–water partition coefficient (Wildman–Crippen LogP) is 2.33. The number of hydrogen-bond acceptors (Lipinski definition) is 3. The van der Waals surface area contributed by atoms with Crippen molar-refractivity contribution < 1.29 is 0 Å². The maximum absolute atomic E-state index is 3.59. The first-order valence-corrected chi connectivity index (χ1v) is 7.22. The Balaban J connectivity index is 2.08. The predicted molar refractivity (Wildman–Crippen MR) is 82.7 cm³/mol. The van der Waals surface area contributed by atoms with Crippen molar-refractivity contribution in [3.63, 3.8) is 0 Å². The first-order chi connectivity index (χ1) is 8.96. The number of piperazine rings is 1. The number of nitrogens with zero attached hydrogens (tertiary/aromatic N) is 2. The zero-order valence-corrected chi connectivity index (χ0v) is 12.7. The standard InChI is InChI=1S/C16H27N3/c1-16(2,3)17-13-14-7-5-6-8-15(14)19-11-9-18(4)10-12-19/h5-8,17H,9-13H2,1-4H3. The summed E-state index contributed by atoms with van der Waals surface area (Å²) in [4.78, 5) is 4.91. The van der Waals surface area contributed by atoms with Crippen LogP contribution in [-0.4, -0.2) is 43.7 Å². The van der Waals surface area contributed by atoms with E-state index in [9.17, 15) is 0 Å². The molecular formula is C16H27N3. The second-order valence-electron chi connectivity index (χ2n) is 6.52. The van der Waals surface area contributed by atoms with Gasteiger partial charge in [-0.15, -0.1) is 0 Å². The molecule has 106 valence electrons. The maximum Gasteiger partial charge on any atom is 0.0412 e. The van der Waals surface area contributed by atoms with Crippen LogP contribution in [0.15, 0.2) is 24.3 Å². The fraction of sp³-hybridized carbons (Fsp3) is 0.625. The van der Waals surface area contributed by atoms with E-state index < -0.39 is 0 Å². The Morgan fingerprint density at radius 3 is 2.32 bits per heavy atom. The highest BCUT2D eigenvalue weighted by molar-refractivity contribution is 5.54. The van der Waals surface area contributed by atoms with Gasteiger partial charge in [0.1, 0.15) is 0 Å². The monoisotopic (exact) mass is 261 g/mol. The Morgan fingerprint density at radius 1 is 1.05 bits per heavy atom. The molecule has 0 spiro atoms. The van der Waals surface area contributed by atoms with Crippen molar-refractivity contribution in [3.8, 4) is 0 Å². The first-order valence-electron chi connectivity index (χ1n) is 7.22. The van der Waals surface area contributed by atoms with Gasteiger partial charge in [0.05, 0.1) is 0 Å². The van der Waals surface area contributed by atoms with Crippen LogP contribution in [0, 0.1) is 0 Å². The molecule has 0 unspecified atom stereocenters. The van der Waals surface area contributed by atoms with Crippen molar-refractivity contribution in [3.05, 3.63) is 29.8 Å². The molecule has 1 N–H and O–H groups in total. The van der Waals surface area contributed by atoms with E-state index in [0.717, 1.165) is 32.7 Å². The summed E-state index contributed by atoms with van der Waals surface area (Å²) in [5, 5.41) is 3.59. The summed E-state index contributed by atoms with van der Waals surface area (Å²) >= 11 is 0. The van der Waals surface area contributed by atoms with Crippen LogP contribution in [-0.2, 0) is 6.54 Å². The van der Waals surface area contributed by atoms with Crippen molar-refractivity contribution >= 4 is 5.69 Å². The Bertz CT molecular complexity index is 401. The molecule has 0 saturated carbocycles. The molecule has 1 saturated heterocycles. The molecule has 2 rings (SSSR count). The third-order valence-electron chi connectivity index (χ3n) is 3.64. The van der Waals surface area contributed by atoms with E-state index >= 15 is 0 Å². The quantitative estimate of drug-likeness (QED) is 0.901. The van der Waals surface area contributed by atoms with Crippen molar-refractivity contribution in [1.82, 2.24) is 10.2 Å². The van der Waals surface area contributed by atoms with Crippen molar-refractivity contribution in [2.45, 2.75) is 32.9 Å². The van der Waals surface area contributed by atoms with Gasteiger partial charge in [-0.05, 0) is 39.4 Å². The molecule has 1 fully saturated rings. The van der Waals surface area contributed by atoms with Crippen LogP contribution in [0.4, 0.5) is 5.69 Å². The average Bonchev–Trinajstić information content (AvgIpc) is 2.37. The summed E-state index contributed by atoms with van der Waals surface area (Å²) in [6, 6.07) is 8.78. The second-order valence-corrected chi connectivity index (χ2v) is 6.52. The largest absolute Gasteiger partial charge is 0.369 e. The molecule has 0 amide bonds. The van der Waals surface area contributed by atoms with Gasteiger partial charge in [-0.2, -0.15) is 0 Å². The van der Waals surface area contributed by atoms with Gasteiger partial charge < -0.3 is 15.1 Å². The molecule has 0 atom stereocenters. The minimum absolute atomic E-state index is 0.162. The molecule has 1 aromatic carbocycles. The van der Waals surface area contributed by atoms with Gasteiger partial charge in [-0.25, -0.2) is 0 Å². The Morgan fingerprint density at radius 2 is 1.68 bits per heavy atom. The van der Waals surface area contributed by atoms with E-state index in [1.165, 1.54) is 11.3 Å². The van der Waals surface area contributed by atoms with Crippen LogP contribution < -0.4 is 10.2 Å². The number of likely N-dealkylation sites (N-methyl/N-ethyl adjacent to an activating group) is 1. The van der Waals surface area contributed by atoms with Gasteiger partial charge in [0.25, 0.3) is 0 Å². The smallest absolute Gasteiger partial charge is 0.0412 e. The van der Waals surface area contributed by atoms with Crippen LogP contribution in [0.2, 0.25) is 0 Å². The molecule has 19 heavy (non-hydrogen) atoms. The van der Waals surface area contributed by atoms with Crippen LogP contribution in [0.3, 0.4) is 0 Å². The zero-order valence-electron chi connectivity index (χ0n) is 12.7. The Labute approximate surface area is 117 Å². The van der Waals surface area contributed by atoms with E-state index in [2.05, 4.69) is 67.2 Å². The lowest BCUT2D eigenvalue weighted by Crippen LogP contribution is -2.45. The third kappa shape index (κ3) is 4.22. The molecule has 0 aromatic heterocycles. The van der Waals surface area contributed by atoms with E-state index in [0.29, 0.717) is 0 Å². The highest BCUT2D eigenvalue weighted by Gasteiger charge is 2.17. The molecule has 3 heteroatoms. The summed E-state index contributed by atoms with van der Waals surface area (Å²) < 4.78 is 0. The molecule has 3 nitrogen and oxygen atoms in total. The summed E-state index contributed by atoms with van der Waals surface area (Å²) in [6.45, 7) is 12.1. The highest BCUT2D eigenvalue weighted by Crippen LogP contribution is 2.22. The average molecular weight is 261 g/mol. The number of anilines is 1. The van der Waals surface area contributed by atoms with Crippen molar-refractivity contribution in [2.24, 2.45) is 0 Å². The maximum atomic E-state index is 3.59.